The van der Waals surface area contributed by atoms with Crippen molar-refractivity contribution in [3.63, 3.8) is 0 Å². The predicted molar refractivity (Wildman–Crippen MR) is 82.6 cm³/mol. The number of nitriles is 1. The van der Waals surface area contributed by atoms with E-state index in [4.69, 9.17) is 5.26 Å². The Kier molecular flexibility index (Phi) is 3.20. The van der Waals surface area contributed by atoms with Gasteiger partial charge in [-0.15, -0.1) is 0 Å². The van der Waals surface area contributed by atoms with Crippen LogP contribution in [0, 0.1) is 11.3 Å². The summed E-state index contributed by atoms with van der Waals surface area (Å²) in [5, 5.41) is 10.7. The van der Waals surface area contributed by atoms with E-state index in [1.54, 1.807) is 12.1 Å². The molecule has 3 aromatic rings. The van der Waals surface area contributed by atoms with Crippen LogP contribution >= 0.6 is 15.9 Å². The van der Waals surface area contributed by atoms with Gasteiger partial charge in [0.05, 0.1) is 5.69 Å². The molecular formula is C15H8BrN3O2. The lowest BCUT2D eigenvalue weighted by Crippen LogP contribution is -2.30. The number of nitrogens with zero attached hydrogens (tertiary/aromatic N) is 2. The van der Waals surface area contributed by atoms with E-state index in [0.29, 0.717) is 5.69 Å². The average Bonchev–Trinajstić information content (AvgIpc) is 2.49. The minimum absolute atomic E-state index is 0.110. The fraction of sp³-hybridized carbons (Fsp3) is 0. The van der Waals surface area contributed by atoms with Gasteiger partial charge in [-0.3, -0.25) is 14.3 Å². The Bertz CT molecular complexity index is 1010. The molecule has 102 valence electrons. The summed E-state index contributed by atoms with van der Waals surface area (Å²) in [5.41, 5.74) is -0.764. The van der Waals surface area contributed by atoms with Gasteiger partial charge < -0.3 is 0 Å². The van der Waals surface area contributed by atoms with Crippen molar-refractivity contribution < 1.29 is 0 Å². The number of aromatic amines is 1. The highest BCUT2D eigenvalue weighted by molar-refractivity contribution is 9.10. The Morgan fingerprint density at radius 1 is 1.10 bits per heavy atom. The Balaban J connectivity index is 2.42. The van der Waals surface area contributed by atoms with Crippen molar-refractivity contribution in [2.24, 2.45) is 0 Å². The number of rotatable bonds is 1. The molecule has 0 radical (unpaired) electrons. The van der Waals surface area contributed by atoms with Gasteiger partial charge in [0.15, 0.2) is 0 Å². The molecule has 3 rings (SSSR count). The molecular weight excluding hydrogens is 334 g/mol. The fourth-order valence-electron chi connectivity index (χ4n) is 2.19. The molecule has 0 fully saturated rings. The summed E-state index contributed by atoms with van der Waals surface area (Å²) < 4.78 is 2.18. The maximum Gasteiger partial charge on any atom is 0.333 e. The van der Waals surface area contributed by atoms with Gasteiger partial charge in [0.1, 0.15) is 11.6 Å². The molecule has 21 heavy (non-hydrogen) atoms. The van der Waals surface area contributed by atoms with Gasteiger partial charge in [-0.1, -0.05) is 40.2 Å². The lowest BCUT2D eigenvalue weighted by Gasteiger charge is -2.10. The van der Waals surface area contributed by atoms with Crippen LogP contribution in [-0.4, -0.2) is 9.55 Å². The maximum atomic E-state index is 12.0. The fourth-order valence-corrected chi connectivity index (χ4v) is 2.66. The van der Waals surface area contributed by atoms with Crippen molar-refractivity contribution in [2.75, 3.05) is 0 Å². The van der Waals surface area contributed by atoms with E-state index in [0.717, 1.165) is 15.2 Å². The summed E-state index contributed by atoms with van der Waals surface area (Å²) in [6, 6.07) is 12.9. The van der Waals surface area contributed by atoms with Crippen molar-refractivity contribution in [3.05, 3.63) is 73.5 Å². The molecule has 5 nitrogen and oxygen atoms in total. The van der Waals surface area contributed by atoms with Gasteiger partial charge in [0.25, 0.3) is 5.56 Å². The first-order valence-corrected chi connectivity index (χ1v) is 6.85. The van der Waals surface area contributed by atoms with Crippen molar-refractivity contribution in [3.8, 4) is 11.8 Å². The molecule has 2 aromatic carbocycles. The molecule has 0 unspecified atom stereocenters. The van der Waals surface area contributed by atoms with Crippen molar-refractivity contribution in [1.82, 2.24) is 9.55 Å². The van der Waals surface area contributed by atoms with Gasteiger partial charge in [-0.25, -0.2) is 4.79 Å². The number of fused-ring (bicyclic) bond motifs is 1. The molecule has 0 aliphatic rings. The zero-order valence-corrected chi connectivity index (χ0v) is 12.2. The van der Waals surface area contributed by atoms with Crippen molar-refractivity contribution in [1.29, 1.82) is 5.26 Å². The molecule has 0 atom stereocenters. The maximum absolute atomic E-state index is 12.0. The van der Waals surface area contributed by atoms with Crippen LogP contribution in [0.3, 0.4) is 0 Å². The second-order valence-electron chi connectivity index (χ2n) is 4.40. The number of halogens is 1. The monoisotopic (exact) mass is 341 g/mol. The molecule has 0 amide bonds. The van der Waals surface area contributed by atoms with E-state index < -0.39 is 11.2 Å². The van der Waals surface area contributed by atoms with Crippen LogP contribution in [0.4, 0.5) is 0 Å². The number of hydrogen-bond acceptors (Lipinski definition) is 3. The van der Waals surface area contributed by atoms with Gasteiger partial charge in [-0.2, -0.15) is 5.26 Å². The largest absolute Gasteiger partial charge is 0.333 e. The highest BCUT2D eigenvalue weighted by atomic mass is 79.9. The van der Waals surface area contributed by atoms with Gasteiger partial charge in [0, 0.05) is 16.1 Å². The second-order valence-corrected chi connectivity index (χ2v) is 5.25. The number of benzene rings is 2. The predicted octanol–water partition coefficient (Wildman–Crippen LogP) is 2.31. The molecule has 1 heterocycles. The zero-order chi connectivity index (χ0) is 15.0. The third-order valence-electron chi connectivity index (χ3n) is 3.17. The molecule has 0 aliphatic heterocycles. The van der Waals surface area contributed by atoms with E-state index in [2.05, 4.69) is 20.9 Å². The smallest absolute Gasteiger partial charge is 0.273 e. The van der Waals surface area contributed by atoms with E-state index >= 15 is 0 Å². The normalized spacial score (nSPS) is 10.5. The lowest BCUT2D eigenvalue weighted by molar-refractivity contribution is 0.895. The topological polar surface area (TPSA) is 78.7 Å². The highest BCUT2D eigenvalue weighted by Gasteiger charge is 2.10. The number of hydrogen-bond donors (Lipinski definition) is 1. The van der Waals surface area contributed by atoms with E-state index in [9.17, 15) is 9.59 Å². The van der Waals surface area contributed by atoms with Crippen LogP contribution in [0.15, 0.2) is 56.7 Å². The third kappa shape index (κ3) is 2.18. The van der Waals surface area contributed by atoms with E-state index in [1.165, 1.54) is 10.8 Å². The van der Waals surface area contributed by atoms with E-state index in [1.807, 2.05) is 30.3 Å². The first-order chi connectivity index (χ1) is 10.1. The summed E-state index contributed by atoms with van der Waals surface area (Å²) in [5.74, 6) is 0. The standard InChI is InChI=1S/C15H8BrN3O2/c16-12-5-6-13(11-4-2-1-3-10(11)12)19-8-9(7-17)14(20)18-15(19)21/h1-6,8H,(H,18,20,21). The molecule has 0 saturated carbocycles. The molecule has 1 aromatic heterocycles. The van der Waals surface area contributed by atoms with Gasteiger partial charge >= 0.3 is 5.69 Å². The quantitative estimate of drug-likeness (QED) is 0.737. The van der Waals surface area contributed by atoms with Crippen molar-refractivity contribution >= 4 is 26.7 Å². The SMILES string of the molecule is N#Cc1cn(-c2ccc(Br)c3ccccc23)c(=O)[nH]c1=O. The van der Waals surface area contributed by atoms with Gasteiger partial charge in [0.2, 0.25) is 0 Å². The van der Waals surface area contributed by atoms with Crippen molar-refractivity contribution in [2.45, 2.75) is 0 Å². The Morgan fingerprint density at radius 2 is 1.81 bits per heavy atom. The van der Waals surface area contributed by atoms with Crippen LogP contribution in [0.25, 0.3) is 16.5 Å². The molecule has 0 spiro atoms. The first-order valence-electron chi connectivity index (χ1n) is 6.05. The van der Waals surface area contributed by atoms with Gasteiger partial charge in [-0.05, 0) is 17.5 Å². The summed E-state index contributed by atoms with van der Waals surface area (Å²) >= 11 is 3.46. The molecule has 6 heteroatoms. The average molecular weight is 342 g/mol. The number of nitrogens with one attached hydrogen (secondary N) is 1. The van der Waals surface area contributed by atoms with Crippen LogP contribution in [-0.2, 0) is 0 Å². The summed E-state index contributed by atoms with van der Waals surface area (Å²) in [4.78, 5) is 25.7. The lowest BCUT2D eigenvalue weighted by atomic mass is 10.1. The third-order valence-corrected chi connectivity index (χ3v) is 3.86. The molecule has 0 saturated heterocycles. The molecule has 0 bridgehead atoms. The number of aromatic nitrogens is 2. The van der Waals surface area contributed by atoms with Crippen LogP contribution in [0.2, 0.25) is 0 Å². The van der Waals surface area contributed by atoms with E-state index in [-0.39, 0.29) is 5.56 Å². The minimum atomic E-state index is -0.680. The Morgan fingerprint density at radius 3 is 2.52 bits per heavy atom. The minimum Gasteiger partial charge on any atom is -0.273 e. The highest BCUT2D eigenvalue weighted by Crippen LogP contribution is 2.28. The zero-order valence-electron chi connectivity index (χ0n) is 10.6. The first kappa shape index (κ1) is 13.3. The molecule has 0 aliphatic carbocycles. The Hall–Kier alpha value is -2.65. The summed E-state index contributed by atoms with van der Waals surface area (Å²) in [6.07, 6.45) is 1.26. The summed E-state index contributed by atoms with van der Waals surface area (Å²) in [7, 11) is 0. The van der Waals surface area contributed by atoms with Crippen LogP contribution in [0.1, 0.15) is 5.56 Å². The number of H-pyrrole nitrogens is 1. The second kappa shape index (κ2) is 5.04. The van der Waals surface area contributed by atoms with Crippen LogP contribution < -0.4 is 11.2 Å². The van der Waals surface area contributed by atoms with Crippen LogP contribution in [0.5, 0.6) is 0 Å². The summed E-state index contributed by atoms with van der Waals surface area (Å²) in [6.45, 7) is 0. The Labute approximate surface area is 127 Å². The molecule has 1 N–H and O–H groups in total.